The lowest BCUT2D eigenvalue weighted by Gasteiger charge is -2.20. The molecule has 0 atom stereocenters. The smallest absolute Gasteiger partial charge is 0.260 e. The van der Waals surface area contributed by atoms with Gasteiger partial charge in [0.25, 0.3) is 5.91 Å². The van der Waals surface area contributed by atoms with E-state index in [-0.39, 0.29) is 11.4 Å². The van der Waals surface area contributed by atoms with E-state index in [1.165, 1.54) is 0 Å². The maximum Gasteiger partial charge on any atom is 0.260 e. The number of anilines is 1. The zero-order chi connectivity index (χ0) is 21.3. The molecule has 0 unspecified atom stereocenters. The van der Waals surface area contributed by atoms with Crippen molar-refractivity contribution >= 4 is 34.4 Å². The van der Waals surface area contributed by atoms with Gasteiger partial charge in [-0.2, -0.15) is 5.10 Å². The molecule has 0 bridgehead atoms. The Morgan fingerprint density at radius 1 is 1.27 bits per heavy atom. The minimum absolute atomic E-state index is 0.247. The molecular weight excluding hydrogens is 380 g/mol. The molecule has 1 N–H and O–H groups in total. The van der Waals surface area contributed by atoms with Crippen molar-refractivity contribution in [2.45, 2.75) is 32.7 Å². The number of amides is 1. The Labute approximate surface area is 174 Å². The Kier molecular flexibility index (Phi) is 5.07. The highest BCUT2D eigenvalue weighted by Gasteiger charge is 2.19. The zero-order valence-electron chi connectivity index (χ0n) is 17.5. The summed E-state index contributed by atoms with van der Waals surface area (Å²) in [4.78, 5) is 17.4. The SMILES string of the molecule is CCOc1cc2nn(C)cc2cc1C(=O)Nc1ccc(C2=CC(C)(C)N=CC2)nn1. The van der Waals surface area contributed by atoms with E-state index >= 15 is 0 Å². The van der Waals surface area contributed by atoms with Crippen LogP contribution < -0.4 is 10.1 Å². The first-order valence-electron chi connectivity index (χ1n) is 9.86. The van der Waals surface area contributed by atoms with Crippen molar-refractivity contribution in [1.29, 1.82) is 0 Å². The number of allylic oxidation sites excluding steroid dienone is 1. The summed E-state index contributed by atoms with van der Waals surface area (Å²) in [5.41, 5.74) is 2.80. The summed E-state index contributed by atoms with van der Waals surface area (Å²) in [7, 11) is 1.84. The van der Waals surface area contributed by atoms with E-state index in [9.17, 15) is 4.79 Å². The molecule has 0 spiro atoms. The molecule has 4 rings (SSSR count). The van der Waals surface area contributed by atoms with Crippen LogP contribution >= 0.6 is 0 Å². The minimum Gasteiger partial charge on any atom is -0.493 e. The quantitative estimate of drug-likeness (QED) is 0.700. The van der Waals surface area contributed by atoms with Crippen LogP contribution in [0.2, 0.25) is 0 Å². The van der Waals surface area contributed by atoms with Gasteiger partial charge in [0.05, 0.1) is 28.9 Å². The van der Waals surface area contributed by atoms with Gasteiger partial charge in [-0.25, -0.2) is 0 Å². The zero-order valence-corrected chi connectivity index (χ0v) is 17.5. The number of aryl methyl sites for hydroxylation is 1. The highest BCUT2D eigenvalue weighted by molar-refractivity contribution is 6.08. The van der Waals surface area contributed by atoms with Crippen molar-refractivity contribution in [1.82, 2.24) is 20.0 Å². The first-order chi connectivity index (χ1) is 14.3. The number of benzene rings is 1. The van der Waals surface area contributed by atoms with Gasteiger partial charge in [-0.3, -0.25) is 14.5 Å². The predicted molar refractivity (Wildman–Crippen MR) is 117 cm³/mol. The number of hydrogen-bond acceptors (Lipinski definition) is 6. The van der Waals surface area contributed by atoms with Crippen molar-refractivity contribution in [3.05, 3.63) is 47.8 Å². The monoisotopic (exact) mass is 404 g/mol. The number of ether oxygens (including phenoxy) is 1. The fraction of sp³-hybridized carbons (Fsp3) is 0.318. The molecule has 0 aliphatic carbocycles. The Morgan fingerprint density at radius 2 is 2.10 bits per heavy atom. The lowest BCUT2D eigenvalue weighted by molar-refractivity contribution is 0.102. The number of carbonyl (C=O) groups excluding carboxylic acids is 1. The van der Waals surface area contributed by atoms with E-state index in [0.717, 1.165) is 22.2 Å². The maximum absolute atomic E-state index is 12.9. The molecule has 2 aromatic heterocycles. The fourth-order valence-electron chi connectivity index (χ4n) is 3.46. The van der Waals surface area contributed by atoms with Crippen LogP contribution in [-0.4, -0.2) is 44.2 Å². The van der Waals surface area contributed by atoms with Crippen LogP contribution in [0.4, 0.5) is 5.82 Å². The summed E-state index contributed by atoms with van der Waals surface area (Å²) in [6, 6.07) is 7.17. The molecule has 30 heavy (non-hydrogen) atoms. The predicted octanol–water partition coefficient (Wildman–Crippen LogP) is 3.65. The molecule has 1 amide bonds. The van der Waals surface area contributed by atoms with Crippen LogP contribution in [0.1, 0.15) is 43.2 Å². The van der Waals surface area contributed by atoms with Crippen LogP contribution in [-0.2, 0) is 7.05 Å². The van der Waals surface area contributed by atoms with Crippen molar-refractivity contribution in [3.8, 4) is 5.75 Å². The van der Waals surface area contributed by atoms with Crippen molar-refractivity contribution in [3.63, 3.8) is 0 Å². The molecule has 0 saturated heterocycles. The molecule has 0 radical (unpaired) electrons. The average molecular weight is 404 g/mol. The number of aromatic nitrogens is 4. The molecule has 1 aromatic carbocycles. The Morgan fingerprint density at radius 3 is 2.80 bits per heavy atom. The average Bonchev–Trinajstić information content (AvgIpc) is 3.06. The standard InChI is InChI=1S/C22H24N6O2/c1-5-30-19-11-18-15(13-28(4)27-18)10-16(19)21(29)24-20-7-6-17(25-26-20)14-8-9-23-22(2,3)12-14/h6-7,9-13H,5,8H2,1-4H3,(H,24,26,29). The van der Waals surface area contributed by atoms with Crippen molar-refractivity contribution in [2.75, 3.05) is 11.9 Å². The molecule has 0 fully saturated rings. The summed E-state index contributed by atoms with van der Waals surface area (Å²) in [6.07, 6.45) is 6.56. The highest BCUT2D eigenvalue weighted by atomic mass is 16.5. The molecule has 8 heteroatoms. The summed E-state index contributed by atoms with van der Waals surface area (Å²) in [6.45, 7) is 6.40. The summed E-state index contributed by atoms with van der Waals surface area (Å²) < 4.78 is 7.37. The van der Waals surface area contributed by atoms with Gasteiger partial charge in [0, 0.05) is 37.3 Å². The number of dihydropyridines is 1. The lowest BCUT2D eigenvalue weighted by atomic mass is 9.95. The molecule has 154 valence electrons. The van der Waals surface area contributed by atoms with Gasteiger partial charge in [-0.1, -0.05) is 6.08 Å². The minimum atomic E-state index is -0.309. The van der Waals surface area contributed by atoms with Crippen LogP contribution in [0.15, 0.2) is 41.5 Å². The van der Waals surface area contributed by atoms with Crippen LogP contribution in [0.25, 0.3) is 16.5 Å². The van der Waals surface area contributed by atoms with Crippen molar-refractivity contribution in [2.24, 2.45) is 12.0 Å². The van der Waals surface area contributed by atoms with E-state index in [2.05, 4.69) is 31.7 Å². The van der Waals surface area contributed by atoms with E-state index in [1.54, 1.807) is 22.9 Å². The topological polar surface area (TPSA) is 94.3 Å². The van der Waals surface area contributed by atoms with Crippen LogP contribution in [0, 0.1) is 0 Å². The van der Waals surface area contributed by atoms with E-state index in [0.29, 0.717) is 30.2 Å². The van der Waals surface area contributed by atoms with Gasteiger partial charge in [0.1, 0.15) is 5.75 Å². The third kappa shape index (κ3) is 4.07. The number of nitrogens with zero attached hydrogens (tertiary/aromatic N) is 5. The van der Waals surface area contributed by atoms with Gasteiger partial charge >= 0.3 is 0 Å². The molecule has 3 heterocycles. The van der Waals surface area contributed by atoms with Gasteiger partial charge in [-0.05, 0) is 44.5 Å². The third-order valence-electron chi connectivity index (χ3n) is 4.76. The molecule has 8 nitrogen and oxygen atoms in total. The summed E-state index contributed by atoms with van der Waals surface area (Å²) in [5.74, 6) is 0.554. The summed E-state index contributed by atoms with van der Waals surface area (Å²) in [5, 5.41) is 16.5. The normalized spacial score (nSPS) is 15.1. The molecule has 1 aliphatic heterocycles. The number of carbonyl (C=O) groups is 1. The third-order valence-corrected chi connectivity index (χ3v) is 4.76. The number of nitrogens with one attached hydrogen (secondary N) is 1. The van der Waals surface area contributed by atoms with E-state index < -0.39 is 0 Å². The second kappa shape index (κ2) is 7.70. The number of hydrogen-bond donors (Lipinski definition) is 1. The van der Waals surface area contributed by atoms with Gasteiger partial charge in [0.15, 0.2) is 5.82 Å². The second-order valence-electron chi connectivity index (χ2n) is 7.74. The number of rotatable bonds is 5. The van der Waals surface area contributed by atoms with Gasteiger partial charge < -0.3 is 10.1 Å². The molecular formula is C22H24N6O2. The van der Waals surface area contributed by atoms with Crippen molar-refractivity contribution < 1.29 is 9.53 Å². The molecule has 3 aromatic rings. The van der Waals surface area contributed by atoms with Gasteiger partial charge in [-0.15, -0.1) is 10.2 Å². The second-order valence-corrected chi connectivity index (χ2v) is 7.74. The fourth-order valence-corrected chi connectivity index (χ4v) is 3.46. The first-order valence-corrected chi connectivity index (χ1v) is 9.86. The Balaban J connectivity index is 1.57. The maximum atomic E-state index is 12.9. The highest BCUT2D eigenvalue weighted by Crippen LogP contribution is 2.27. The van der Waals surface area contributed by atoms with E-state index in [1.807, 2.05) is 46.3 Å². The number of fused-ring (bicyclic) bond motifs is 1. The Bertz CT molecular complexity index is 1160. The summed E-state index contributed by atoms with van der Waals surface area (Å²) >= 11 is 0. The Hall–Kier alpha value is -3.55. The molecule has 1 aliphatic rings. The van der Waals surface area contributed by atoms with Crippen LogP contribution in [0.3, 0.4) is 0 Å². The van der Waals surface area contributed by atoms with E-state index in [4.69, 9.17) is 4.74 Å². The molecule has 0 saturated carbocycles. The largest absolute Gasteiger partial charge is 0.493 e. The van der Waals surface area contributed by atoms with Gasteiger partial charge in [0.2, 0.25) is 0 Å². The van der Waals surface area contributed by atoms with Crippen LogP contribution in [0.5, 0.6) is 5.75 Å². The first kappa shape index (κ1) is 19.8. The number of aliphatic imine (C=N–C) groups is 1. The lowest BCUT2D eigenvalue weighted by Crippen LogP contribution is -2.18.